The van der Waals surface area contributed by atoms with Crippen LogP contribution in [0.25, 0.3) is 27.7 Å². The van der Waals surface area contributed by atoms with Crippen molar-refractivity contribution in [3.05, 3.63) is 84.1 Å². The number of carbonyl (C=O) groups is 1. The minimum absolute atomic E-state index is 0.105. The van der Waals surface area contributed by atoms with Gasteiger partial charge < -0.3 is 14.0 Å². The highest BCUT2D eigenvalue weighted by Crippen LogP contribution is 2.35. The fourth-order valence-electron chi connectivity index (χ4n) is 5.36. The Bertz CT molecular complexity index is 1330. The number of hydrogen-bond acceptors (Lipinski definition) is 3. The predicted octanol–water partition coefficient (Wildman–Crippen LogP) is 8.31. The van der Waals surface area contributed by atoms with Gasteiger partial charge in [-0.25, -0.2) is 4.79 Å². The van der Waals surface area contributed by atoms with Crippen molar-refractivity contribution in [2.75, 3.05) is 6.61 Å². The van der Waals surface area contributed by atoms with Gasteiger partial charge in [-0.3, -0.25) is 0 Å². The Balaban J connectivity index is 1.51. The maximum Gasteiger partial charge on any atom is 0.355 e. The SMILES string of the molecule is CCOC(=O)c1cc2cc(-c3ccc(C4CCCCC4)cc3)ccc2n1-c1ccc(OC(C)C)cc1. The van der Waals surface area contributed by atoms with E-state index in [9.17, 15) is 4.79 Å². The van der Waals surface area contributed by atoms with E-state index in [1.807, 2.05) is 55.7 Å². The summed E-state index contributed by atoms with van der Waals surface area (Å²) in [6.45, 7) is 6.18. The predicted molar refractivity (Wildman–Crippen MR) is 146 cm³/mol. The molecule has 1 aliphatic carbocycles. The number of fused-ring (bicyclic) bond motifs is 1. The minimum Gasteiger partial charge on any atom is -0.491 e. The lowest BCUT2D eigenvalue weighted by atomic mass is 9.84. The van der Waals surface area contributed by atoms with Crippen molar-refractivity contribution in [3.8, 4) is 22.6 Å². The molecule has 1 saturated carbocycles. The Morgan fingerprint density at radius 1 is 0.889 bits per heavy atom. The van der Waals surface area contributed by atoms with Gasteiger partial charge in [-0.15, -0.1) is 0 Å². The van der Waals surface area contributed by atoms with Gasteiger partial charge >= 0.3 is 5.97 Å². The van der Waals surface area contributed by atoms with E-state index >= 15 is 0 Å². The van der Waals surface area contributed by atoms with Crippen molar-refractivity contribution in [1.29, 1.82) is 0 Å². The molecule has 4 nitrogen and oxygen atoms in total. The molecule has 4 aromatic rings. The van der Waals surface area contributed by atoms with Crippen molar-refractivity contribution in [2.45, 2.75) is 64.9 Å². The van der Waals surface area contributed by atoms with Crippen LogP contribution in [0.4, 0.5) is 0 Å². The summed E-state index contributed by atoms with van der Waals surface area (Å²) in [4.78, 5) is 12.9. The Labute approximate surface area is 213 Å². The average molecular weight is 482 g/mol. The quantitative estimate of drug-likeness (QED) is 0.249. The number of ether oxygens (including phenoxy) is 2. The Hall–Kier alpha value is -3.53. The van der Waals surface area contributed by atoms with E-state index in [0.717, 1.165) is 27.9 Å². The van der Waals surface area contributed by atoms with E-state index < -0.39 is 0 Å². The van der Waals surface area contributed by atoms with Crippen LogP contribution in [0.3, 0.4) is 0 Å². The highest BCUT2D eigenvalue weighted by Gasteiger charge is 2.19. The first-order valence-corrected chi connectivity index (χ1v) is 13.2. The fraction of sp³-hybridized carbons (Fsp3) is 0.344. The molecule has 0 N–H and O–H groups in total. The van der Waals surface area contributed by atoms with Crippen LogP contribution in [0.5, 0.6) is 5.75 Å². The molecular formula is C32H35NO3. The summed E-state index contributed by atoms with van der Waals surface area (Å²) < 4.78 is 13.2. The molecule has 1 fully saturated rings. The number of hydrogen-bond donors (Lipinski definition) is 0. The van der Waals surface area contributed by atoms with Crippen LogP contribution >= 0.6 is 0 Å². The van der Waals surface area contributed by atoms with E-state index in [0.29, 0.717) is 18.2 Å². The second kappa shape index (κ2) is 10.6. The van der Waals surface area contributed by atoms with E-state index in [1.165, 1.54) is 43.2 Å². The zero-order chi connectivity index (χ0) is 25.1. The molecule has 0 unspecified atom stereocenters. The van der Waals surface area contributed by atoms with Crippen LogP contribution in [-0.2, 0) is 4.74 Å². The van der Waals surface area contributed by atoms with E-state index in [4.69, 9.17) is 9.47 Å². The Kier molecular flexibility index (Phi) is 7.13. The molecule has 3 aromatic carbocycles. The smallest absolute Gasteiger partial charge is 0.355 e. The third kappa shape index (κ3) is 5.04. The lowest BCUT2D eigenvalue weighted by molar-refractivity contribution is 0.0517. The van der Waals surface area contributed by atoms with Crippen LogP contribution in [-0.4, -0.2) is 23.2 Å². The van der Waals surface area contributed by atoms with E-state index in [2.05, 4.69) is 42.5 Å². The molecule has 0 bridgehead atoms. The Morgan fingerprint density at radius 3 is 2.25 bits per heavy atom. The summed E-state index contributed by atoms with van der Waals surface area (Å²) in [6.07, 6.45) is 6.78. The first kappa shape index (κ1) is 24.2. The van der Waals surface area contributed by atoms with Crippen LogP contribution in [0.2, 0.25) is 0 Å². The number of benzene rings is 3. The highest BCUT2D eigenvalue weighted by atomic mass is 16.5. The highest BCUT2D eigenvalue weighted by molar-refractivity contribution is 5.98. The number of nitrogens with zero attached hydrogens (tertiary/aromatic N) is 1. The lowest BCUT2D eigenvalue weighted by Gasteiger charge is -2.22. The van der Waals surface area contributed by atoms with Crippen LogP contribution in [0.15, 0.2) is 72.8 Å². The third-order valence-electron chi connectivity index (χ3n) is 7.07. The topological polar surface area (TPSA) is 40.5 Å². The van der Waals surface area contributed by atoms with Crippen molar-refractivity contribution >= 4 is 16.9 Å². The van der Waals surface area contributed by atoms with Gasteiger partial charge in [0, 0.05) is 11.1 Å². The maximum absolute atomic E-state index is 12.9. The molecule has 0 saturated heterocycles. The maximum atomic E-state index is 12.9. The van der Waals surface area contributed by atoms with Gasteiger partial charge in [0.2, 0.25) is 0 Å². The Morgan fingerprint density at radius 2 is 1.58 bits per heavy atom. The summed E-state index contributed by atoms with van der Waals surface area (Å²) >= 11 is 0. The summed E-state index contributed by atoms with van der Waals surface area (Å²) in [5, 5.41) is 1.01. The van der Waals surface area contributed by atoms with Gasteiger partial charge in [0.25, 0.3) is 0 Å². The second-order valence-corrected chi connectivity index (χ2v) is 9.98. The molecule has 0 amide bonds. The molecule has 1 aliphatic rings. The van der Waals surface area contributed by atoms with Gasteiger partial charge in [-0.2, -0.15) is 0 Å². The molecular weight excluding hydrogens is 446 g/mol. The second-order valence-electron chi connectivity index (χ2n) is 9.98. The summed E-state index contributed by atoms with van der Waals surface area (Å²) in [7, 11) is 0. The molecule has 1 heterocycles. The molecule has 0 spiro atoms. The summed E-state index contributed by atoms with van der Waals surface area (Å²) in [5.41, 5.74) is 6.18. The van der Waals surface area contributed by atoms with E-state index in [1.54, 1.807) is 0 Å². The third-order valence-corrected chi connectivity index (χ3v) is 7.07. The summed E-state index contributed by atoms with van der Waals surface area (Å²) in [5.74, 6) is 1.19. The van der Waals surface area contributed by atoms with Crippen LogP contribution < -0.4 is 4.74 Å². The van der Waals surface area contributed by atoms with Gasteiger partial charge in [0.15, 0.2) is 0 Å². The molecule has 0 atom stereocenters. The number of carbonyl (C=O) groups excluding carboxylic acids is 1. The van der Waals surface area contributed by atoms with Crippen molar-refractivity contribution in [1.82, 2.24) is 4.57 Å². The van der Waals surface area contributed by atoms with Crippen LogP contribution in [0.1, 0.15) is 74.8 Å². The van der Waals surface area contributed by atoms with Crippen molar-refractivity contribution in [3.63, 3.8) is 0 Å². The average Bonchev–Trinajstić information content (AvgIpc) is 3.29. The first-order valence-electron chi connectivity index (χ1n) is 13.2. The lowest BCUT2D eigenvalue weighted by Crippen LogP contribution is -2.11. The van der Waals surface area contributed by atoms with E-state index in [-0.39, 0.29) is 12.1 Å². The molecule has 5 rings (SSSR count). The first-order chi connectivity index (χ1) is 17.5. The fourth-order valence-corrected chi connectivity index (χ4v) is 5.36. The standard InChI is InChI=1S/C32H35NO3/c1-4-35-32(34)31-21-27-20-26(25-12-10-24(11-13-25)23-8-6-5-7-9-23)14-19-30(27)33(31)28-15-17-29(18-16-28)36-22(2)3/h10-23H,4-9H2,1-3H3. The van der Waals surface area contributed by atoms with Gasteiger partial charge in [-0.05, 0) is 98.7 Å². The van der Waals surface area contributed by atoms with Crippen molar-refractivity contribution in [2.24, 2.45) is 0 Å². The molecule has 4 heteroatoms. The van der Waals surface area contributed by atoms with Gasteiger partial charge in [0.1, 0.15) is 11.4 Å². The molecule has 1 aromatic heterocycles. The number of esters is 1. The molecule has 0 aliphatic heterocycles. The summed E-state index contributed by atoms with van der Waals surface area (Å²) in [6, 6.07) is 25.3. The van der Waals surface area contributed by atoms with Gasteiger partial charge in [-0.1, -0.05) is 49.6 Å². The van der Waals surface area contributed by atoms with Gasteiger partial charge in [0.05, 0.1) is 18.2 Å². The van der Waals surface area contributed by atoms with Crippen molar-refractivity contribution < 1.29 is 14.3 Å². The monoisotopic (exact) mass is 481 g/mol. The minimum atomic E-state index is -0.324. The molecule has 0 radical (unpaired) electrons. The zero-order valence-electron chi connectivity index (χ0n) is 21.5. The molecule has 36 heavy (non-hydrogen) atoms. The van der Waals surface area contributed by atoms with Crippen LogP contribution in [0, 0.1) is 0 Å². The number of rotatable bonds is 7. The largest absolute Gasteiger partial charge is 0.491 e. The number of aromatic nitrogens is 1. The zero-order valence-corrected chi connectivity index (χ0v) is 21.5. The molecule has 186 valence electrons. The normalized spacial score (nSPS) is 14.3.